The third kappa shape index (κ3) is 2.08. The highest BCUT2D eigenvalue weighted by Gasteiger charge is 2.09. The number of carbonyl (C=O) groups excluding carboxylic acids is 1. The van der Waals surface area contributed by atoms with Crippen LogP contribution in [-0.4, -0.2) is 15.9 Å². The molecule has 5 heteroatoms. The number of carbonyl (C=O) groups is 1. The first-order valence-electron chi connectivity index (χ1n) is 4.97. The topological polar surface area (TPSA) is 85.9 Å². The van der Waals surface area contributed by atoms with Crippen LogP contribution in [0.2, 0.25) is 0 Å². The van der Waals surface area contributed by atoms with Gasteiger partial charge in [0, 0.05) is 5.56 Å². The van der Waals surface area contributed by atoms with Crippen LogP contribution in [0.3, 0.4) is 0 Å². The molecule has 0 bridgehead atoms. The first kappa shape index (κ1) is 11.1. The molecule has 0 atom stereocenters. The lowest BCUT2D eigenvalue weighted by molar-refractivity contribution is -0.255. The van der Waals surface area contributed by atoms with E-state index in [-0.39, 0.29) is 5.69 Å². The monoisotopic (exact) mass is 229 g/mol. The molecule has 1 aromatic heterocycles. The Morgan fingerprint density at radius 1 is 1.29 bits per heavy atom. The first-order chi connectivity index (χ1) is 8.09. The van der Waals surface area contributed by atoms with Crippen LogP contribution in [0.15, 0.2) is 35.1 Å². The molecule has 86 valence electrons. The van der Waals surface area contributed by atoms with Crippen molar-refractivity contribution < 1.29 is 9.90 Å². The number of aromatic nitrogens is 2. The quantitative estimate of drug-likeness (QED) is 0.791. The van der Waals surface area contributed by atoms with Crippen LogP contribution in [0.4, 0.5) is 0 Å². The van der Waals surface area contributed by atoms with Crippen molar-refractivity contribution in [2.45, 2.75) is 6.92 Å². The Labute approximate surface area is 96.8 Å². The summed E-state index contributed by atoms with van der Waals surface area (Å²) in [6.07, 6.45) is 0. The number of carboxylic acids is 1. The van der Waals surface area contributed by atoms with Gasteiger partial charge in [0.1, 0.15) is 5.82 Å². The number of nitrogens with zero attached hydrogens (tertiary/aromatic N) is 1. The molecule has 0 unspecified atom stereocenters. The SMILES string of the molecule is Cc1nc(-c2ccccc2)[nH]c(=O)c1C(=O)[O-]. The lowest BCUT2D eigenvalue weighted by Crippen LogP contribution is -2.32. The number of hydrogen-bond acceptors (Lipinski definition) is 4. The maximum absolute atomic E-state index is 11.6. The van der Waals surface area contributed by atoms with Crippen LogP contribution in [0.5, 0.6) is 0 Å². The molecule has 1 N–H and O–H groups in total. The zero-order chi connectivity index (χ0) is 12.4. The molecule has 0 saturated carbocycles. The predicted octanol–water partition coefficient (Wildman–Crippen LogP) is 0.109. The van der Waals surface area contributed by atoms with Crippen molar-refractivity contribution in [3.8, 4) is 11.4 Å². The predicted molar refractivity (Wildman–Crippen MR) is 59.4 cm³/mol. The Bertz CT molecular complexity index is 617. The number of benzene rings is 1. The van der Waals surface area contributed by atoms with Crippen molar-refractivity contribution in [3.63, 3.8) is 0 Å². The van der Waals surface area contributed by atoms with Gasteiger partial charge in [0.25, 0.3) is 5.56 Å². The van der Waals surface area contributed by atoms with Gasteiger partial charge in [-0.1, -0.05) is 30.3 Å². The summed E-state index contributed by atoms with van der Waals surface area (Å²) >= 11 is 0. The van der Waals surface area contributed by atoms with E-state index >= 15 is 0 Å². The minimum absolute atomic E-state index is 0.146. The van der Waals surface area contributed by atoms with Crippen molar-refractivity contribution in [1.82, 2.24) is 9.97 Å². The van der Waals surface area contributed by atoms with Gasteiger partial charge in [0.2, 0.25) is 0 Å². The van der Waals surface area contributed by atoms with E-state index in [0.717, 1.165) is 5.56 Å². The molecule has 0 radical (unpaired) electrons. The molecule has 2 rings (SSSR count). The van der Waals surface area contributed by atoms with E-state index in [4.69, 9.17) is 0 Å². The van der Waals surface area contributed by atoms with Crippen molar-refractivity contribution in [3.05, 3.63) is 51.9 Å². The molecule has 2 aromatic rings. The standard InChI is InChI=1S/C12H10N2O3/c1-7-9(12(16)17)11(15)14-10(13-7)8-5-3-2-4-6-8/h2-6H,1H3,(H,16,17)(H,13,14,15)/p-1. The largest absolute Gasteiger partial charge is 0.545 e. The van der Waals surface area contributed by atoms with E-state index in [9.17, 15) is 14.7 Å². The second kappa shape index (κ2) is 4.21. The van der Waals surface area contributed by atoms with Crippen molar-refractivity contribution in [2.24, 2.45) is 0 Å². The molecule has 1 aromatic carbocycles. The molecule has 17 heavy (non-hydrogen) atoms. The first-order valence-corrected chi connectivity index (χ1v) is 4.97. The third-order valence-electron chi connectivity index (χ3n) is 2.35. The average molecular weight is 229 g/mol. The van der Waals surface area contributed by atoms with Crippen molar-refractivity contribution in [1.29, 1.82) is 0 Å². The summed E-state index contributed by atoms with van der Waals surface area (Å²) < 4.78 is 0. The minimum atomic E-state index is -1.52. The van der Waals surface area contributed by atoms with Crippen LogP contribution in [-0.2, 0) is 0 Å². The Morgan fingerprint density at radius 2 is 1.94 bits per heavy atom. The van der Waals surface area contributed by atoms with E-state index in [2.05, 4.69) is 9.97 Å². The van der Waals surface area contributed by atoms with Gasteiger partial charge in [-0.25, -0.2) is 4.98 Å². The van der Waals surface area contributed by atoms with E-state index in [1.54, 1.807) is 24.3 Å². The van der Waals surface area contributed by atoms with E-state index < -0.39 is 17.1 Å². The molecular weight excluding hydrogens is 220 g/mol. The summed E-state index contributed by atoms with van der Waals surface area (Å²) in [5, 5.41) is 10.7. The highest BCUT2D eigenvalue weighted by atomic mass is 16.4. The van der Waals surface area contributed by atoms with Gasteiger partial charge in [-0.15, -0.1) is 0 Å². The summed E-state index contributed by atoms with van der Waals surface area (Å²) in [6.45, 7) is 1.47. The van der Waals surface area contributed by atoms with Crippen LogP contribution in [0, 0.1) is 6.92 Å². The second-order valence-corrected chi connectivity index (χ2v) is 3.53. The van der Waals surface area contributed by atoms with Gasteiger partial charge < -0.3 is 14.9 Å². The zero-order valence-corrected chi connectivity index (χ0v) is 9.06. The van der Waals surface area contributed by atoms with Gasteiger partial charge in [-0.05, 0) is 6.92 Å². The van der Waals surface area contributed by atoms with Gasteiger partial charge in [0.05, 0.1) is 17.2 Å². The Hall–Kier alpha value is -2.43. The van der Waals surface area contributed by atoms with E-state index in [1.807, 2.05) is 6.07 Å². The van der Waals surface area contributed by atoms with Gasteiger partial charge in [-0.2, -0.15) is 0 Å². The molecule has 0 saturated heterocycles. The third-order valence-corrected chi connectivity index (χ3v) is 2.35. The Kier molecular flexibility index (Phi) is 2.74. The number of aromatic carboxylic acids is 1. The number of hydrogen-bond donors (Lipinski definition) is 1. The van der Waals surface area contributed by atoms with Gasteiger partial charge >= 0.3 is 0 Å². The molecule has 5 nitrogen and oxygen atoms in total. The average Bonchev–Trinajstić information content (AvgIpc) is 2.28. The molecule has 0 aliphatic heterocycles. The van der Waals surface area contributed by atoms with Crippen LogP contribution in [0.25, 0.3) is 11.4 Å². The lowest BCUT2D eigenvalue weighted by Gasteiger charge is -2.07. The molecule has 0 amide bonds. The van der Waals surface area contributed by atoms with Gasteiger partial charge in [0.15, 0.2) is 0 Å². The summed E-state index contributed by atoms with van der Waals surface area (Å²) in [7, 11) is 0. The molecule has 0 aliphatic rings. The zero-order valence-electron chi connectivity index (χ0n) is 9.06. The van der Waals surface area contributed by atoms with Crippen LogP contribution < -0.4 is 10.7 Å². The number of rotatable bonds is 2. The normalized spacial score (nSPS) is 10.2. The fourth-order valence-corrected chi connectivity index (χ4v) is 1.56. The van der Waals surface area contributed by atoms with Crippen molar-refractivity contribution >= 4 is 5.97 Å². The number of aromatic amines is 1. The van der Waals surface area contributed by atoms with E-state index in [0.29, 0.717) is 5.82 Å². The lowest BCUT2D eigenvalue weighted by atomic mass is 10.2. The number of nitrogens with one attached hydrogen (secondary N) is 1. The van der Waals surface area contributed by atoms with Crippen LogP contribution in [0.1, 0.15) is 16.1 Å². The van der Waals surface area contributed by atoms with Gasteiger partial charge in [-0.3, -0.25) is 4.79 Å². The number of H-pyrrole nitrogens is 1. The fraction of sp³-hybridized carbons (Fsp3) is 0.0833. The highest BCUT2D eigenvalue weighted by Crippen LogP contribution is 2.13. The summed E-state index contributed by atoms with van der Waals surface area (Å²) in [6, 6.07) is 8.99. The molecular formula is C12H9N2O3-. The van der Waals surface area contributed by atoms with Crippen molar-refractivity contribution in [2.75, 3.05) is 0 Å². The molecule has 0 aliphatic carbocycles. The smallest absolute Gasteiger partial charge is 0.260 e. The summed E-state index contributed by atoms with van der Waals surface area (Å²) in [4.78, 5) is 28.8. The maximum atomic E-state index is 11.6. The highest BCUT2D eigenvalue weighted by molar-refractivity contribution is 5.86. The Morgan fingerprint density at radius 3 is 2.47 bits per heavy atom. The summed E-state index contributed by atoms with van der Waals surface area (Å²) in [5.41, 5.74) is -0.258. The second-order valence-electron chi connectivity index (χ2n) is 3.53. The maximum Gasteiger partial charge on any atom is 0.260 e. The molecule has 1 heterocycles. The molecule has 0 spiro atoms. The fourth-order valence-electron chi connectivity index (χ4n) is 1.56. The Balaban J connectivity index is 2.62. The number of aryl methyl sites for hydroxylation is 1. The molecule has 0 fully saturated rings. The summed E-state index contributed by atoms with van der Waals surface area (Å²) in [5.74, 6) is -1.17. The minimum Gasteiger partial charge on any atom is -0.545 e. The van der Waals surface area contributed by atoms with Crippen LogP contribution >= 0.6 is 0 Å². The van der Waals surface area contributed by atoms with E-state index in [1.165, 1.54) is 6.92 Å². The number of carboxylic acid groups (broad SMARTS) is 1.